The van der Waals surface area contributed by atoms with Crippen LogP contribution in [0.5, 0.6) is 5.75 Å². The number of hydrogen-bond acceptors (Lipinski definition) is 4. The van der Waals surface area contributed by atoms with Crippen molar-refractivity contribution in [3.05, 3.63) is 30.1 Å². The van der Waals surface area contributed by atoms with Gasteiger partial charge in [0.05, 0.1) is 13.1 Å². The zero-order valence-corrected chi connectivity index (χ0v) is 13.5. The molecule has 0 aliphatic carbocycles. The van der Waals surface area contributed by atoms with Gasteiger partial charge in [-0.05, 0) is 25.6 Å². The molecule has 0 spiro atoms. The van der Waals surface area contributed by atoms with Gasteiger partial charge in [-0.3, -0.25) is 9.69 Å². The molecule has 0 atom stereocenters. The number of likely N-dealkylation sites (N-methyl/N-ethyl adjacent to an activating group) is 2. The lowest BCUT2D eigenvalue weighted by atomic mass is 10.3. The van der Waals surface area contributed by atoms with Crippen LogP contribution in [0, 0.1) is 5.82 Å². The van der Waals surface area contributed by atoms with Gasteiger partial charge < -0.3 is 14.4 Å². The van der Waals surface area contributed by atoms with Crippen molar-refractivity contribution in [3.8, 4) is 5.75 Å². The minimum absolute atomic E-state index is 0.0112. The largest absolute Gasteiger partial charge is 0.489 e. The lowest BCUT2D eigenvalue weighted by molar-refractivity contribution is -0.131. The Hall–Kier alpha value is -1.66. The molecule has 6 heteroatoms. The zero-order valence-electron chi connectivity index (χ0n) is 13.5. The van der Waals surface area contributed by atoms with E-state index in [4.69, 9.17) is 9.47 Å². The van der Waals surface area contributed by atoms with E-state index in [1.807, 2.05) is 11.9 Å². The molecule has 0 aromatic heterocycles. The number of carbonyl (C=O) groups excluding carboxylic acids is 1. The SMILES string of the molecule is COCCCN(C)CC(=O)N(C)CCOc1ccccc1F. The second-order valence-corrected chi connectivity index (χ2v) is 5.18. The molecule has 124 valence electrons. The van der Waals surface area contributed by atoms with E-state index >= 15 is 0 Å². The predicted octanol–water partition coefficient (Wildman–Crippen LogP) is 1.63. The Morgan fingerprint density at radius 2 is 1.91 bits per heavy atom. The third-order valence-corrected chi connectivity index (χ3v) is 3.24. The number of methoxy groups -OCH3 is 1. The molecule has 0 radical (unpaired) electrons. The fourth-order valence-corrected chi connectivity index (χ4v) is 1.89. The smallest absolute Gasteiger partial charge is 0.236 e. The van der Waals surface area contributed by atoms with Gasteiger partial charge in [-0.15, -0.1) is 0 Å². The van der Waals surface area contributed by atoms with E-state index in [1.54, 1.807) is 37.3 Å². The Morgan fingerprint density at radius 1 is 1.18 bits per heavy atom. The number of carbonyl (C=O) groups is 1. The van der Waals surface area contributed by atoms with Gasteiger partial charge in [-0.1, -0.05) is 12.1 Å². The highest BCUT2D eigenvalue weighted by atomic mass is 19.1. The van der Waals surface area contributed by atoms with Crippen LogP contribution in [0.25, 0.3) is 0 Å². The molecular weight excluding hydrogens is 287 g/mol. The fourth-order valence-electron chi connectivity index (χ4n) is 1.89. The summed E-state index contributed by atoms with van der Waals surface area (Å²) in [6, 6.07) is 6.24. The maximum Gasteiger partial charge on any atom is 0.236 e. The summed E-state index contributed by atoms with van der Waals surface area (Å²) in [5.74, 6) is -0.175. The molecule has 22 heavy (non-hydrogen) atoms. The summed E-state index contributed by atoms with van der Waals surface area (Å²) in [6.07, 6.45) is 0.889. The first-order chi connectivity index (χ1) is 10.5. The van der Waals surface area contributed by atoms with E-state index in [1.165, 1.54) is 6.07 Å². The molecule has 0 saturated heterocycles. The summed E-state index contributed by atoms with van der Waals surface area (Å²) in [7, 11) is 5.28. The molecule has 1 rings (SSSR count). The number of benzene rings is 1. The van der Waals surface area contributed by atoms with Crippen LogP contribution in [0.3, 0.4) is 0 Å². The second-order valence-electron chi connectivity index (χ2n) is 5.18. The monoisotopic (exact) mass is 312 g/mol. The average Bonchev–Trinajstić information content (AvgIpc) is 2.49. The van der Waals surface area contributed by atoms with Crippen LogP contribution < -0.4 is 4.74 Å². The maximum atomic E-state index is 13.4. The Balaban J connectivity index is 2.25. The molecule has 5 nitrogen and oxygen atoms in total. The first-order valence-electron chi connectivity index (χ1n) is 7.33. The third kappa shape index (κ3) is 6.87. The van der Waals surface area contributed by atoms with E-state index in [9.17, 15) is 9.18 Å². The summed E-state index contributed by atoms with van der Waals surface area (Å²) >= 11 is 0. The minimum atomic E-state index is -0.394. The van der Waals surface area contributed by atoms with Crippen molar-refractivity contribution in [1.82, 2.24) is 9.80 Å². The number of hydrogen-bond donors (Lipinski definition) is 0. The number of amides is 1. The number of para-hydroxylation sites is 1. The molecule has 0 N–H and O–H groups in total. The molecule has 0 unspecified atom stereocenters. The number of rotatable bonds is 10. The number of ether oxygens (including phenoxy) is 2. The topological polar surface area (TPSA) is 42.0 Å². The summed E-state index contributed by atoms with van der Waals surface area (Å²) < 4.78 is 23.7. The molecule has 0 heterocycles. The Kier molecular flexibility index (Phi) is 8.47. The minimum Gasteiger partial charge on any atom is -0.489 e. The van der Waals surface area contributed by atoms with Crippen molar-refractivity contribution >= 4 is 5.91 Å². The molecule has 0 aliphatic rings. The first kappa shape index (κ1) is 18.4. The Morgan fingerprint density at radius 3 is 2.59 bits per heavy atom. The van der Waals surface area contributed by atoms with Gasteiger partial charge in [0.2, 0.25) is 5.91 Å². The molecule has 1 aromatic rings. The van der Waals surface area contributed by atoms with Crippen LogP contribution in [0.2, 0.25) is 0 Å². The Labute approximate surface area is 131 Å². The van der Waals surface area contributed by atoms with Gasteiger partial charge in [0.1, 0.15) is 6.61 Å². The molecule has 0 fully saturated rings. The lowest BCUT2D eigenvalue weighted by Gasteiger charge is -2.22. The van der Waals surface area contributed by atoms with Gasteiger partial charge in [0.15, 0.2) is 11.6 Å². The quantitative estimate of drug-likeness (QED) is 0.616. The van der Waals surface area contributed by atoms with E-state index in [0.717, 1.165) is 13.0 Å². The van der Waals surface area contributed by atoms with Crippen molar-refractivity contribution in [2.45, 2.75) is 6.42 Å². The molecule has 0 bridgehead atoms. The van der Waals surface area contributed by atoms with Crippen LogP contribution in [-0.4, -0.2) is 69.8 Å². The fraction of sp³-hybridized carbons (Fsp3) is 0.562. The van der Waals surface area contributed by atoms with Crippen LogP contribution >= 0.6 is 0 Å². The molecule has 1 aromatic carbocycles. The summed E-state index contributed by atoms with van der Waals surface area (Å²) in [5.41, 5.74) is 0. The highest BCUT2D eigenvalue weighted by Crippen LogP contribution is 2.14. The van der Waals surface area contributed by atoms with Gasteiger partial charge in [0.25, 0.3) is 0 Å². The van der Waals surface area contributed by atoms with Crippen molar-refractivity contribution < 1.29 is 18.7 Å². The molecular formula is C16H25FN2O3. The van der Waals surface area contributed by atoms with Crippen molar-refractivity contribution in [3.63, 3.8) is 0 Å². The van der Waals surface area contributed by atoms with E-state index < -0.39 is 5.82 Å². The van der Waals surface area contributed by atoms with Crippen molar-refractivity contribution in [2.75, 3.05) is 54.1 Å². The normalized spacial score (nSPS) is 10.8. The zero-order chi connectivity index (χ0) is 16.4. The summed E-state index contributed by atoms with van der Waals surface area (Å²) in [5, 5.41) is 0. The number of halogens is 1. The second kappa shape index (κ2) is 10.1. The van der Waals surface area contributed by atoms with Crippen molar-refractivity contribution in [2.24, 2.45) is 0 Å². The molecule has 0 saturated carbocycles. The highest BCUT2D eigenvalue weighted by molar-refractivity contribution is 5.77. The van der Waals surface area contributed by atoms with Crippen molar-refractivity contribution in [1.29, 1.82) is 0 Å². The Bertz CT molecular complexity index is 457. The van der Waals surface area contributed by atoms with E-state index in [-0.39, 0.29) is 18.3 Å². The van der Waals surface area contributed by atoms with E-state index in [2.05, 4.69) is 0 Å². The summed E-state index contributed by atoms with van der Waals surface area (Å²) in [4.78, 5) is 15.6. The van der Waals surface area contributed by atoms with Crippen LogP contribution in [0.4, 0.5) is 4.39 Å². The number of nitrogens with zero attached hydrogens (tertiary/aromatic N) is 2. The predicted molar refractivity (Wildman–Crippen MR) is 83.5 cm³/mol. The van der Waals surface area contributed by atoms with E-state index in [0.29, 0.717) is 19.7 Å². The van der Waals surface area contributed by atoms with Gasteiger partial charge in [-0.2, -0.15) is 0 Å². The van der Waals surface area contributed by atoms with Gasteiger partial charge in [-0.25, -0.2) is 4.39 Å². The lowest BCUT2D eigenvalue weighted by Crippen LogP contribution is -2.39. The standard InChI is InChI=1S/C16H25FN2O3/c1-18(9-6-11-21-3)13-16(20)19(2)10-12-22-15-8-5-4-7-14(15)17/h4-5,7-8H,6,9-13H2,1-3H3. The van der Waals surface area contributed by atoms with Crippen LogP contribution in [0.15, 0.2) is 24.3 Å². The van der Waals surface area contributed by atoms with Crippen LogP contribution in [0.1, 0.15) is 6.42 Å². The molecule has 1 amide bonds. The maximum absolute atomic E-state index is 13.4. The third-order valence-electron chi connectivity index (χ3n) is 3.24. The van der Waals surface area contributed by atoms with Gasteiger partial charge in [0, 0.05) is 27.3 Å². The summed E-state index contributed by atoms with van der Waals surface area (Å²) in [6.45, 7) is 2.51. The average molecular weight is 312 g/mol. The molecule has 0 aliphatic heterocycles. The van der Waals surface area contributed by atoms with Gasteiger partial charge >= 0.3 is 0 Å². The van der Waals surface area contributed by atoms with Crippen LogP contribution in [-0.2, 0) is 9.53 Å². The first-order valence-corrected chi connectivity index (χ1v) is 7.33. The highest BCUT2D eigenvalue weighted by Gasteiger charge is 2.12.